The molecule has 0 aliphatic rings. The normalized spacial score (nSPS) is 11.2. The number of benzene rings is 3. The van der Waals surface area contributed by atoms with Crippen LogP contribution in [0.4, 0.5) is 14.5 Å². The Morgan fingerprint density at radius 3 is 2.39 bits per heavy atom. The summed E-state index contributed by atoms with van der Waals surface area (Å²) >= 11 is 0. The Bertz CT molecular complexity index is 863. The molecule has 0 unspecified atom stereocenters. The van der Waals surface area contributed by atoms with E-state index in [1.54, 1.807) is 0 Å². The molecule has 0 fully saturated rings. The van der Waals surface area contributed by atoms with E-state index in [1.807, 2.05) is 49.4 Å². The molecule has 3 aromatic carbocycles. The summed E-state index contributed by atoms with van der Waals surface area (Å²) in [4.78, 5) is 0. The fourth-order valence-corrected chi connectivity index (χ4v) is 2.20. The third-order valence-electron chi connectivity index (χ3n) is 3.44. The lowest BCUT2D eigenvalue weighted by atomic mass is 10.0. The second kappa shape index (κ2) is 7.20. The molecule has 0 aromatic heterocycles. The van der Waals surface area contributed by atoms with Crippen molar-refractivity contribution in [2.24, 2.45) is 5.10 Å². The van der Waals surface area contributed by atoms with Gasteiger partial charge in [-0.3, -0.25) is 5.43 Å². The minimum atomic E-state index is -0.671. The molecule has 0 spiro atoms. The molecule has 3 aromatic rings. The van der Waals surface area contributed by atoms with Crippen molar-refractivity contribution in [1.29, 1.82) is 0 Å². The van der Waals surface area contributed by atoms with Crippen molar-refractivity contribution < 1.29 is 8.78 Å². The molecule has 2 nitrogen and oxygen atoms in total. The average molecular weight is 333 g/mol. The Balaban J connectivity index is 0.00000192. The standard InChI is InChI=1S/C18H14F2N2.ClH/c1-12(21-22-18-9-8-16(19)11-17(18)20)14-7-6-13-4-2-3-5-15(13)10-14;/h2-11,22H,1H3;1H. The first-order valence-corrected chi connectivity index (χ1v) is 6.88. The van der Waals surface area contributed by atoms with Crippen molar-refractivity contribution in [2.75, 3.05) is 5.43 Å². The third kappa shape index (κ3) is 3.85. The number of nitrogens with one attached hydrogen (secondary N) is 1. The molecule has 0 aliphatic heterocycles. The molecular formula is C18H15ClF2N2. The van der Waals surface area contributed by atoms with Gasteiger partial charge in [0.2, 0.25) is 0 Å². The summed E-state index contributed by atoms with van der Waals surface area (Å²) < 4.78 is 26.4. The Kier molecular flexibility index (Phi) is 5.29. The predicted molar refractivity (Wildman–Crippen MR) is 93.4 cm³/mol. The summed E-state index contributed by atoms with van der Waals surface area (Å²) in [5.74, 6) is -1.28. The number of anilines is 1. The van der Waals surface area contributed by atoms with E-state index in [4.69, 9.17) is 0 Å². The Labute approximate surface area is 139 Å². The van der Waals surface area contributed by atoms with Gasteiger partial charge in [-0.05, 0) is 41.5 Å². The number of hydrazone groups is 1. The molecule has 0 heterocycles. The van der Waals surface area contributed by atoms with E-state index in [1.165, 1.54) is 12.1 Å². The Hall–Kier alpha value is -2.46. The fraction of sp³-hybridized carbons (Fsp3) is 0.0556. The Morgan fingerprint density at radius 2 is 1.65 bits per heavy atom. The summed E-state index contributed by atoms with van der Waals surface area (Å²) in [5.41, 5.74) is 4.43. The zero-order valence-corrected chi connectivity index (χ0v) is 13.2. The molecule has 3 rings (SSSR count). The van der Waals surface area contributed by atoms with Crippen LogP contribution in [0.3, 0.4) is 0 Å². The maximum absolute atomic E-state index is 13.5. The topological polar surface area (TPSA) is 24.4 Å². The zero-order chi connectivity index (χ0) is 15.5. The maximum atomic E-state index is 13.5. The highest BCUT2D eigenvalue weighted by atomic mass is 35.5. The lowest BCUT2D eigenvalue weighted by Gasteiger charge is -2.06. The van der Waals surface area contributed by atoms with Gasteiger partial charge in [-0.2, -0.15) is 5.10 Å². The SMILES string of the molecule is CC(=NNc1ccc(F)cc1F)c1ccc2ccccc2c1.Cl. The van der Waals surface area contributed by atoms with Gasteiger partial charge in [0.05, 0.1) is 11.4 Å². The third-order valence-corrected chi connectivity index (χ3v) is 3.44. The van der Waals surface area contributed by atoms with E-state index < -0.39 is 11.6 Å². The zero-order valence-electron chi connectivity index (χ0n) is 12.4. The summed E-state index contributed by atoms with van der Waals surface area (Å²) in [6.45, 7) is 1.83. The molecule has 0 radical (unpaired) electrons. The van der Waals surface area contributed by atoms with Crippen LogP contribution in [0, 0.1) is 11.6 Å². The number of hydrogen-bond acceptors (Lipinski definition) is 2. The molecule has 1 N–H and O–H groups in total. The van der Waals surface area contributed by atoms with Crippen LogP contribution in [0.1, 0.15) is 12.5 Å². The van der Waals surface area contributed by atoms with E-state index in [0.29, 0.717) is 0 Å². The van der Waals surface area contributed by atoms with Gasteiger partial charge in [0, 0.05) is 6.07 Å². The van der Waals surface area contributed by atoms with Crippen LogP contribution in [0.5, 0.6) is 0 Å². The number of nitrogens with zero attached hydrogens (tertiary/aromatic N) is 1. The first-order chi connectivity index (χ1) is 10.6. The van der Waals surface area contributed by atoms with E-state index in [2.05, 4.69) is 10.5 Å². The van der Waals surface area contributed by atoms with Crippen molar-refractivity contribution in [3.63, 3.8) is 0 Å². The monoisotopic (exact) mass is 332 g/mol. The minimum absolute atomic E-state index is 0. The predicted octanol–water partition coefficient (Wildman–Crippen LogP) is 5.38. The summed E-state index contributed by atoms with van der Waals surface area (Å²) in [6, 6.07) is 17.4. The van der Waals surface area contributed by atoms with Crippen molar-refractivity contribution in [2.45, 2.75) is 6.92 Å². The van der Waals surface area contributed by atoms with Gasteiger partial charge in [-0.1, -0.05) is 36.4 Å². The van der Waals surface area contributed by atoms with Gasteiger partial charge in [0.15, 0.2) is 5.82 Å². The van der Waals surface area contributed by atoms with Crippen LogP contribution in [-0.4, -0.2) is 5.71 Å². The second-order valence-electron chi connectivity index (χ2n) is 5.00. The number of hydrogen-bond donors (Lipinski definition) is 1. The molecular weight excluding hydrogens is 318 g/mol. The van der Waals surface area contributed by atoms with Crippen LogP contribution in [0.2, 0.25) is 0 Å². The van der Waals surface area contributed by atoms with Gasteiger partial charge in [-0.25, -0.2) is 8.78 Å². The number of fused-ring (bicyclic) bond motifs is 1. The molecule has 118 valence electrons. The van der Waals surface area contributed by atoms with Crippen LogP contribution in [0.25, 0.3) is 10.8 Å². The molecule has 0 aliphatic carbocycles. The quantitative estimate of drug-likeness (QED) is 0.505. The van der Waals surface area contributed by atoms with E-state index >= 15 is 0 Å². The average Bonchev–Trinajstić information content (AvgIpc) is 2.53. The largest absolute Gasteiger partial charge is 0.275 e. The summed E-state index contributed by atoms with van der Waals surface area (Å²) in [7, 11) is 0. The molecule has 0 bridgehead atoms. The van der Waals surface area contributed by atoms with Crippen LogP contribution in [0.15, 0.2) is 65.8 Å². The molecule has 0 amide bonds. The summed E-state index contributed by atoms with van der Waals surface area (Å²) in [5, 5.41) is 6.43. The van der Waals surface area contributed by atoms with Gasteiger partial charge in [0.25, 0.3) is 0 Å². The first-order valence-electron chi connectivity index (χ1n) is 6.88. The first kappa shape index (κ1) is 16.9. The van der Waals surface area contributed by atoms with Crippen LogP contribution < -0.4 is 5.43 Å². The lowest BCUT2D eigenvalue weighted by molar-refractivity contribution is 0.585. The number of rotatable bonds is 3. The van der Waals surface area contributed by atoms with E-state index in [-0.39, 0.29) is 18.1 Å². The van der Waals surface area contributed by atoms with Crippen molar-refractivity contribution in [3.05, 3.63) is 77.9 Å². The van der Waals surface area contributed by atoms with Gasteiger partial charge < -0.3 is 0 Å². The van der Waals surface area contributed by atoms with Gasteiger partial charge in [-0.15, -0.1) is 12.4 Å². The minimum Gasteiger partial charge on any atom is -0.275 e. The van der Waals surface area contributed by atoms with E-state index in [9.17, 15) is 8.78 Å². The summed E-state index contributed by atoms with van der Waals surface area (Å²) in [6.07, 6.45) is 0. The van der Waals surface area contributed by atoms with Crippen molar-refractivity contribution in [1.82, 2.24) is 0 Å². The number of halogens is 3. The van der Waals surface area contributed by atoms with Crippen LogP contribution in [-0.2, 0) is 0 Å². The molecule has 5 heteroatoms. The fourth-order valence-electron chi connectivity index (χ4n) is 2.20. The lowest BCUT2D eigenvalue weighted by Crippen LogP contribution is -2.01. The molecule has 0 saturated heterocycles. The smallest absolute Gasteiger partial charge is 0.151 e. The van der Waals surface area contributed by atoms with Crippen molar-refractivity contribution in [3.8, 4) is 0 Å². The molecule has 23 heavy (non-hydrogen) atoms. The van der Waals surface area contributed by atoms with Crippen molar-refractivity contribution >= 4 is 34.6 Å². The van der Waals surface area contributed by atoms with Crippen LogP contribution >= 0.6 is 12.4 Å². The van der Waals surface area contributed by atoms with Gasteiger partial charge in [0.1, 0.15) is 5.82 Å². The highest BCUT2D eigenvalue weighted by molar-refractivity contribution is 6.02. The molecule has 0 atom stereocenters. The highest BCUT2D eigenvalue weighted by Gasteiger charge is 2.04. The van der Waals surface area contributed by atoms with Gasteiger partial charge >= 0.3 is 0 Å². The molecule has 0 saturated carbocycles. The second-order valence-corrected chi connectivity index (χ2v) is 5.00. The maximum Gasteiger partial charge on any atom is 0.151 e. The Morgan fingerprint density at radius 1 is 0.913 bits per heavy atom. The van der Waals surface area contributed by atoms with E-state index in [0.717, 1.165) is 28.1 Å². The highest BCUT2D eigenvalue weighted by Crippen LogP contribution is 2.18.